The van der Waals surface area contributed by atoms with Crippen molar-refractivity contribution in [3.05, 3.63) is 24.0 Å². The van der Waals surface area contributed by atoms with Gasteiger partial charge in [-0.3, -0.25) is 9.78 Å². The normalized spacial score (nSPS) is 17.9. The molecule has 1 aliphatic carbocycles. The monoisotopic (exact) mass is 254 g/mol. The third-order valence-electron chi connectivity index (χ3n) is 3.24. The maximum absolute atomic E-state index is 12.0. The first-order chi connectivity index (χ1) is 8.17. The number of hydrogen-bond acceptors (Lipinski definition) is 3. The summed E-state index contributed by atoms with van der Waals surface area (Å²) in [6, 6.07) is 1.50. The summed E-state index contributed by atoms with van der Waals surface area (Å²) in [5.41, 5.74) is -0.0645. The Labute approximate surface area is 105 Å². The van der Waals surface area contributed by atoms with Gasteiger partial charge in [0.1, 0.15) is 5.75 Å². The molecule has 1 saturated carbocycles. The molecule has 0 aromatic carbocycles. The van der Waals surface area contributed by atoms with Gasteiger partial charge in [-0.25, -0.2) is 0 Å². The predicted molar refractivity (Wildman–Crippen MR) is 65.3 cm³/mol. The van der Waals surface area contributed by atoms with Gasteiger partial charge >= 0.3 is 0 Å². The van der Waals surface area contributed by atoms with E-state index < -0.39 is 0 Å². The molecule has 5 heteroatoms. The standard InChI is InChI=1S/C12H15ClN2O2/c13-8-12(4-1-2-5-12)15-11(17)9-3-6-14-7-10(9)16/h3,6-7,16H,1-2,4-5,8H2,(H,15,17). The van der Waals surface area contributed by atoms with Crippen LogP contribution >= 0.6 is 11.6 Å². The van der Waals surface area contributed by atoms with Gasteiger partial charge in [-0.05, 0) is 18.9 Å². The van der Waals surface area contributed by atoms with Crippen molar-refractivity contribution in [3.8, 4) is 5.75 Å². The molecule has 1 aliphatic rings. The van der Waals surface area contributed by atoms with Gasteiger partial charge in [0.15, 0.2) is 0 Å². The summed E-state index contributed by atoms with van der Waals surface area (Å²) < 4.78 is 0. The maximum atomic E-state index is 12.0. The lowest BCUT2D eigenvalue weighted by Crippen LogP contribution is -2.47. The van der Waals surface area contributed by atoms with Crippen LogP contribution in [0.5, 0.6) is 5.75 Å². The molecule has 0 aliphatic heterocycles. The highest BCUT2D eigenvalue weighted by molar-refractivity contribution is 6.19. The van der Waals surface area contributed by atoms with Crippen molar-refractivity contribution in [3.63, 3.8) is 0 Å². The predicted octanol–water partition coefficient (Wildman–Crippen LogP) is 2.07. The first-order valence-electron chi connectivity index (χ1n) is 5.68. The smallest absolute Gasteiger partial charge is 0.255 e. The third-order valence-corrected chi connectivity index (χ3v) is 3.75. The van der Waals surface area contributed by atoms with E-state index in [2.05, 4.69) is 10.3 Å². The Morgan fingerprint density at radius 1 is 1.53 bits per heavy atom. The van der Waals surface area contributed by atoms with Crippen LogP contribution in [0.25, 0.3) is 0 Å². The van der Waals surface area contributed by atoms with Crippen molar-refractivity contribution in [1.82, 2.24) is 10.3 Å². The number of nitrogens with one attached hydrogen (secondary N) is 1. The minimum atomic E-state index is -0.311. The number of hydrogen-bond donors (Lipinski definition) is 2. The molecule has 1 heterocycles. The number of pyridine rings is 1. The molecule has 0 atom stereocenters. The zero-order chi connectivity index (χ0) is 12.3. The van der Waals surface area contributed by atoms with E-state index >= 15 is 0 Å². The Balaban J connectivity index is 2.14. The SMILES string of the molecule is O=C(NC1(CCl)CCCC1)c1ccncc1O. The first kappa shape index (κ1) is 12.2. The molecular weight excluding hydrogens is 240 g/mol. The Bertz CT molecular complexity index is 417. The second-order valence-electron chi connectivity index (χ2n) is 4.47. The van der Waals surface area contributed by atoms with Crippen LogP contribution in [-0.4, -0.2) is 27.4 Å². The van der Waals surface area contributed by atoms with Crippen molar-refractivity contribution >= 4 is 17.5 Å². The van der Waals surface area contributed by atoms with E-state index in [1.54, 1.807) is 0 Å². The average Bonchev–Trinajstić information content (AvgIpc) is 2.79. The first-order valence-corrected chi connectivity index (χ1v) is 6.22. The Morgan fingerprint density at radius 3 is 2.82 bits per heavy atom. The minimum absolute atomic E-state index is 0.104. The van der Waals surface area contributed by atoms with E-state index in [1.807, 2.05) is 0 Å². The van der Waals surface area contributed by atoms with Gasteiger partial charge in [-0.1, -0.05) is 12.8 Å². The van der Waals surface area contributed by atoms with Gasteiger partial charge in [0.2, 0.25) is 0 Å². The lowest BCUT2D eigenvalue weighted by Gasteiger charge is -2.27. The zero-order valence-electron chi connectivity index (χ0n) is 9.45. The van der Waals surface area contributed by atoms with Gasteiger partial charge in [-0.15, -0.1) is 11.6 Å². The summed E-state index contributed by atoms with van der Waals surface area (Å²) in [7, 11) is 0. The summed E-state index contributed by atoms with van der Waals surface area (Å²) in [6.07, 6.45) is 6.69. The molecule has 2 rings (SSSR count). The second kappa shape index (κ2) is 4.92. The molecule has 2 N–H and O–H groups in total. The van der Waals surface area contributed by atoms with Crippen LogP contribution in [0, 0.1) is 0 Å². The Morgan fingerprint density at radius 2 is 2.24 bits per heavy atom. The van der Waals surface area contributed by atoms with E-state index in [-0.39, 0.29) is 22.8 Å². The molecule has 1 aromatic heterocycles. The molecule has 92 valence electrons. The van der Waals surface area contributed by atoms with E-state index in [0.717, 1.165) is 25.7 Å². The second-order valence-corrected chi connectivity index (χ2v) is 4.74. The van der Waals surface area contributed by atoms with Crippen LogP contribution in [0.4, 0.5) is 0 Å². The zero-order valence-corrected chi connectivity index (χ0v) is 10.2. The van der Waals surface area contributed by atoms with Crippen molar-refractivity contribution in [1.29, 1.82) is 0 Å². The number of alkyl halides is 1. The molecule has 0 spiro atoms. The lowest BCUT2D eigenvalue weighted by molar-refractivity contribution is 0.0906. The fraction of sp³-hybridized carbons (Fsp3) is 0.500. The maximum Gasteiger partial charge on any atom is 0.255 e. The fourth-order valence-corrected chi connectivity index (χ4v) is 2.56. The number of carbonyl (C=O) groups excluding carboxylic acids is 1. The van der Waals surface area contributed by atoms with E-state index in [0.29, 0.717) is 5.88 Å². The number of amides is 1. The minimum Gasteiger partial charge on any atom is -0.505 e. The van der Waals surface area contributed by atoms with E-state index in [1.165, 1.54) is 18.5 Å². The molecular formula is C12H15ClN2O2. The van der Waals surface area contributed by atoms with Gasteiger partial charge in [0, 0.05) is 12.1 Å². The molecule has 4 nitrogen and oxygen atoms in total. The number of halogens is 1. The van der Waals surface area contributed by atoms with Crippen LogP contribution in [0.2, 0.25) is 0 Å². The van der Waals surface area contributed by atoms with Crippen molar-refractivity contribution in [2.24, 2.45) is 0 Å². The topological polar surface area (TPSA) is 62.2 Å². The number of rotatable bonds is 3. The van der Waals surface area contributed by atoms with Crippen molar-refractivity contribution in [2.75, 3.05) is 5.88 Å². The van der Waals surface area contributed by atoms with Crippen molar-refractivity contribution in [2.45, 2.75) is 31.2 Å². The molecule has 0 bridgehead atoms. The molecule has 1 aromatic rings. The summed E-state index contributed by atoms with van der Waals surface area (Å²) in [6.45, 7) is 0. The van der Waals surface area contributed by atoms with Gasteiger partial charge in [-0.2, -0.15) is 0 Å². The number of carbonyl (C=O) groups is 1. The van der Waals surface area contributed by atoms with Gasteiger partial charge < -0.3 is 10.4 Å². The lowest BCUT2D eigenvalue weighted by atomic mass is 9.99. The van der Waals surface area contributed by atoms with E-state index in [9.17, 15) is 9.90 Å². The number of aromatic hydroxyl groups is 1. The molecule has 0 radical (unpaired) electrons. The Kier molecular flexibility index (Phi) is 3.52. The highest BCUT2D eigenvalue weighted by Crippen LogP contribution is 2.31. The highest BCUT2D eigenvalue weighted by atomic mass is 35.5. The van der Waals surface area contributed by atoms with Gasteiger partial charge in [0.25, 0.3) is 5.91 Å². The largest absolute Gasteiger partial charge is 0.505 e. The summed E-state index contributed by atoms with van der Waals surface area (Å²) >= 11 is 5.95. The van der Waals surface area contributed by atoms with E-state index in [4.69, 9.17) is 11.6 Å². The molecule has 0 saturated heterocycles. The van der Waals surface area contributed by atoms with Crippen LogP contribution in [-0.2, 0) is 0 Å². The quantitative estimate of drug-likeness (QED) is 0.812. The van der Waals surface area contributed by atoms with Crippen LogP contribution in [0.15, 0.2) is 18.5 Å². The summed E-state index contributed by atoms with van der Waals surface area (Å²) in [5, 5.41) is 12.5. The average molecular weight is 255 g/mol. The number of aromatic nitrogens is 1. The summed E-state index contributed by atoms with van der Waals surface area (Å²) in [4.78, 5) is 15.8. The molecule has 0 unspecified atom stereocenters. The summed E-state index contributed by atoms with van der Waals surface area (Å²) in [5.74, 6) is 0.0186. The fourth-order valence-electron chi connectivity index (χ4n) is 2.23. The van der Waals surface area contributed by atoms with Crippen LogP contribution in [0.3, 0.4) is 0 Å². The van der Waals surface area contributed by atoms with Crippen LogP contribution < -0.4 is 5.32 Å². The molecule has 17 heavy (non-hydrogen) atoms. The third kappa shape index (κ3) is 2.52. The van der Waals surface area contributed by atoms with Crippen molar-refractivity contribution < 1.29 is 9.90 Å². The van der Waals surface area contributed by atoms with Gasteiger partial charge in [0.05, 0.1) is 17.3 Å². The Hall–Kier alpha value is -1.29. The highest BCUT2D eigenvalue weighted by Gasteiger charge is 2.35. The molecule has 1 fully saturated rings. The van der Waals surface area contributed by atoms with Crippen LogP contribution in [0.1, 0.15) is 36.0 Å². The molecule has 1 amide bonds. The number of nitrogens with zero attached hydrogens (tertiary/aromatic N) is 1.